The van der Waals surface area contributed by atoms with E-state index >= 15 is 0 Å². The molecule has 0 unspecified atom stereocenters. The highest BCUT2D eigenvalue weighted by Gasteiger charge is 2.08. The normalized spacial score (nSPS) is 9.61. The third-order valence-corrected chi connectivity index (χ3v) is 2.83. The predicted octanol–water partition coefficient (Wildman–Crippen LogP) is 3.33. The van der Waals surface area contributed by atoms with E-state index in [1.807, 2.05) is 48.3 Å². The summed E-state index contributed by atoms with van der Waals surface area (Å²) in [7, 11) is 3.63. The Bertz CT molecular complexity index is 570. The second kappa shape index (κ2) is 5.24. The van der Waals surface area contributed by atoms with Crippen molar-refractivity contribution in [2.75, 3.05) is 19.1 Å². The average molecular weight is 238 g/mol. The fourth-order valence-electron chi connectivity index (χ4n) is 1.81. The molecule has 18 heavy (non-hydrogen) atoms. The van der Waals surface area contributed by atoms with Crippen LogP contribution in [0.4, 0.5) is 11.4 Å². The van der Waals surface area contributed by atoms with E-state index in [1.165, 1.54) is 0 Å². The summed E-state index contributed by atoms with van der Waals surface area (Å²) in [5.74, 6) is 0.823. The monoisotopic (exact) mass is 238 g/mol. The highest BCUT2D eigenvalue weighted by molar-refractivity contribution is 5.68. The van der Waals surface area contributed by atoms with Crippen LogP contribution in [0.3, 0.4) is 0 Å². The topological polar surface area (TPSA) is 36.3 Å². The molecule has 0 bridgehead atoms. The van der Waals surface area contributed by atoms with Gasteiger partial charge in [-0.05, 0) is 36.4 Å². The maximum Gasteiger partial charge on any atom is 0.142 e. The summed E-state index contributed by atoms with van der Waals surface area (Å²) in [6.45, 7) is 0. The Balaban J connectivity index is 2.35. The number of rotatable bonds is 3. The average Bonchev–Trinajstić information content (AvgIpc) is 2.46. The van der Waals surface area contributed by atoms with Crippen molar-refractivity contribution in [1.29, 1.82) is 5.26 Å². The number of hydrogen-bond donors (Lipinski definition) is 0. The van der Waals surface area contributed by atoms with Crippen molar-refractivity contribution in [1.82, 2.24) is 0 Å². The summed E-state index contributed by atoms with van der Waals surface area (Å²) in [5, 5.41) is 8.78. The minimum absolute atomic E-state index is 0.659. The molecular formula is C15H14N2O. The fraction of sp³-hybridized carbons (Fsp3) is 0.133. The second-order valence-corrected chi connectivity index (χ2v) is 3.89. The first-order valence-electron chi connectivity index (χ1n) is 5.63. The van der Waals surface area contributed by atoms with Gasteiger partial charge in [0.25, 0.3) is 0 Å². The molecule has 2 rings (SSSR count). The summed E-state index contributed by atoms with van der Waals surface area (Å²) in [6.07, 6.45) is 0. The van der Waals surface area contributed by atoms with Crippen molar-refractivity contribution in [3.8, 4) is 11.8 Å². The van der Waals surface area contributed by atoms with Crippen LogP contribution in [0.5, 0.6) is 5.75 Å². The molecule has 0 aliphatic heterocycles. The standard InChI is InChI=1S/C15H14N2O/c1-17(13-9-7-12(11-16)8-10-13)14-5-3-4-6-15(14)18-2/h3-10H,1-2H3. The van der Waals surface area contributed by atoms with Crippen molar-refractivity contribution < 1.29 is 4.74 Å². The van der Waals surface area contributed by atoms with Gasteiger partial charge >= 0.3 is 0 Å². The summed E-state index contributed by atoms with van der Waals surface area (Å²) < 4.78 is 5.34. The van der Waals surface area contributed by atoms with Crippen LogP contribution in [-0.2, 0) is 0 Å². The summed E-state index contributed by atoms with van der Waals surface area (Å²) in [4.78, 5) is 2.03. The Morgan fingerprint density at radius 1 is 1.06 bits per heavy atom. The molecule has 0 spiro atoms. The summed E-state index contributed by atoms with van der Waals surface area (Å²) in [5.41, 5.74) is 2.66. The van der Waals surface area contributed by atoms with Crippen LogP contribution in [0.15, 0.2) is 48.5 Å². The van der Waals surface area contributed by atoms with Crippen molar-refractivity contribution >= 4 is 11.4 Å². The Labute approximate surface area is 107 Å². The van der Waals surface area contributed by atoms with Gasteiger partial charge in [-0.15, -0.1) is 0 Å². The lowest BCUT2D eigenvalue weighted by molar-refractivity contribution is 0.415. The zero-order valence-corrected chi connectivity index (χ0v) is 10.4. The number of para-hydroxylation sites is 2. The van der Waals surface area contributed by atoms with Gasteiger partial charge in [0.15, 0.2) is 0 Å². The first kappa shape index (κ1) is 12.0. The summed E-state index contributed by atoms with van der Waals surface area (Å²) >= 11 is 0. The van der Waals surface area contributed by atoms with Gasteiger partial charge in [0.1, 0.15) is 5.75 Å². The van der Waals surface area contributed by atoms with E-state index in [1.54, 1.807) is 19.2 Å². The molecule has 90 valence electrons. The van der Waals surface area contributed by atoms with Crippen molar-refractivity contribution in [2.24, 2.45) is 0 Å². The molecular weight excluding hydrogens is 224 g/mol. The molecule has 3 nitrogen and oxygen atoms in total. The zero-order chi connectivity index (χ0) is 13.0. The molecule has 0 saturated carbocycles. The Hall–Kier alpha value is -2.47. The van der Waals surface area contributed by atoms with Crippen molar-refractivity contribution in [3.63, 3.8) is 0 Å². The van der Waals surface area contributed by atoms with Gasteiger partial charge in [-0.2, -0.15) is 5.26 Å². The van der Waals surface area contributed by atoms with Crippen LogP contribution in [0, 0.1) is 11.3 Å². The third kappa shape index (κ3) is 2.28. The quantitative estimate of drug-likeness (QED) is 0.822. The van der Waals surface area contributed by atoms with Crippen molar-refractivity contribution in [2.45, 2.75) is 0 Å². The molecule has 2 aromatic rings. The van der Waals surface area contributed by atoms with Crippen LogP contribution < -0.4 is 9.64 Å². The van der Waals surface area contributed by atoms with E-state index < -0.39 is 0 Å². The lowest BCUT2D eigenvalue weighted by Crippen LogP contribution is -2.10. The first-order chi connectivity index (χ1) is 8.76. The number of anilines is 2. The van der Waals surface area contributed by atoms with Gasteiger partial charge in [-0.25, -0.2) is 0 Å². The number of methoxy groups -OCH3 is 1. The smallest absolute Gasteiger partial charge is 0.142 e. The number of hydrogen-bond acceptors (Lipinski definition) is 3. The maximum atomic E-state index is 8.78. The molecule has 0 radical (unpaired) electrons. The molecule has 2 aromatic carbocycles. The van der Waals surface area contributed by atoms with E-state index in [-0.39, 0.29) is 0 Å². The van der Waals surface area contributed by atoms with E-state index in [0.29, 0.717) is 5.56 Å². The van der Waals surface area contributed by atoms with Crippen LogP contribution in [-0.4, -0.2) is 14.2 Å². The van der Waals surface area contributed by atoms with Gasteiger partial charge in [0.05, 0.1) is 24.4 Å². The molecule has 0 amide bonds. The SMILES string of the molecule is COc1ccccc1N(C)c1ccc(C#N)cc1. The number of ether oxygens (including phenoxy) is 1. The minimum Gasteiger partial charge on any atom is -0.495 e. The minimum atomic E-state index is 0.659. The van der Waals surface area contributed by atoms with Crippen LogP contribution in [0.2, 0.25) is 0 Å². The molecule has 0 N–H and O–H groups in total. The van der Waals surface area contributed by atoms with Gasteiger partial charge in [-0.3, -0.25) is 0 Å². The molecule has 0 saturated heterocycles. The number of nitrogens with zero attached hydrogens (tertiary/aromatic N) is 2. The molecule has 0 atom stereocenters. The number of nitriles is 1. The van der Waals surface area contributed by atoms with Gasteiger partial charge in [0.2, 0.25) is 0 Å². The molecule has 0 fully saturated rings. The van der Waals surface area contributed by atoms with Gasteiger partial charge in [0, 0.05) is 12.7 Å². The van der Waals surface area contributed by atoms with Crippen LogP contribution in [0.1, 0.15) is 5.56 Å². The molecule has 0 heterocycles. The van der Waals surface area contributed by atoms with E-state index in [4.69, 9.17) is 10.00 Å². The zero-order valence-electron chi connectivity index (χ0n) is 10.4. The highest BCUT2D eigenvalue weighted by Crippen LogP contribution is 2.31. The second-order valence-electron chi connectivity index (χ2n) is 3.89. The molecule has 0 aliphatic carbocycles. The van der Waals surface area contributed by atoms with Crippen LogP contribution >= 0.6 is 0 Å². The summed E-state index contributed by atoms with van der Waals surface area (Å²) in [6, 6.07) is 17.4. The molecule has 3 heteroatoms. The third-order valence-electron chi connectivity index (χ3n) is 2.83. The lowest BCUT2D eigenvalue weighted by atomic mass is 10.2. The highest BCUT2D eigenvalue weighted by atomic mass is 16.5. The van der Waals surface area contributed by atoms with Gasteiger partial charge < -0.3 is 9.64 Å². The lowest BCUT2D eigenvalue weighted by Gasteiger charge is -2.21. The Kier molecular flexibility index (Phi) is 3.49. The van der Waals surface area contributed by atoms with Crippen molar-refractivity contribution in [3.05, 3.63) is 54.1 Å². The van der Waals surface area contributed by atoms with E-state index in [9.17, 15) is 0 Å². The van der Waals surface area contributed by atoms with Crippen LogP contribution in [0.25, 0.3) is 0 Å². The molecule has 0 aromatic heterocycles. The first-order valence-corrected chi connectivity index (χ1v) is 5.63. The van der Waals surface area contributed by atoms with Gasteiger partial charge in [-0.1, -0.05) is 12.1 Å². The number of benzene rings is 2. The largest absolute Gasteiger partial charge is 0.495 e. The van der Waals surface area contributed by atoms with E-state index in [2.05, 4.69) is 6.07 Å². The maximum absolute atomic E-state index is 8.78. The molecule has 0 aliphatic rings. The Morgan fingerprint density at radius 2 is 1.72 bits per heavy atom. The fourth-order valence-corrected chi connectivity index (χ4v) is 1.81. The van der Waals surface area contributed by atoms with E-state index in [0.717, 1.165) is 17.1 Å². The predicted molar refractivity (Wildman–Crippen MR) is 72.2 cm³/mol. The Morgan fingerprint density at radius 3 is 2.33 bits per heavy atom.